The normalized spacial score (nSPS) is 14.5. The van der Waals surface area contributed by atoms with Crippen molar-refractivity contribution in [1.29, 1.82) is 0 Å². The number of hydrogen-bond acceptors (Lipinski definition) is 4. The Morgan fingerprint density at radius 3 is 2.33 bits per heavy atom. The highest BCUT2D eigenvalue weighted by molar-refractivity contribution is 5.72. The summed E-state index contributed by atoms with van der Waals surface area (Å²) in [6, 6.07) is 5.72. The van der Waals surface area contributed by atoms with Crippen LogP contribution >= 0.6 is 0 Å². The maximum atomic E-state index is 12.0. The van der Waals surface area contributed by atoms with E-state index in [4.69, 9.17) is 16.2 Å². The van der Waals surface area contributed by atoms with Crippen molar-refractivity contribution >= 4 is 17.3 Å². The summed E-state index contributed by atoms with van der Waals surface area (Å²) >= 11 is 0. The Kier molecular flexibility index (Phi) is 5.64. The van der Waals surface area contributed by atoms with Crippen LogP contribution in [0.15, 0.2) is 18.2 Å². The van der Waals surface area contributed by atoms with Gasteiger partial charge in [-0.2, -0.15) is 0 Å². The molecule has 0 bridgehead atoms. The fourth-order valence-corrected chi connectivity index (χ4v) is 2.34. The minimum absolute atomic E-state index is 0.106. The molecule has 0 saturated heterocycles. The number of nitrogens with two attached hydrogens (primary N) is 2. The predicted molar refractivity (Wildman–Crippen MR) is 87.8 cm³/mol. The summed E-state index contributed by atoms with van der Waals surface area (Å²) in [6.45, 7) is 9.71. The molecule has 1 aromatic rings. The molecule has 0 heterocycles. The zero-order valence-corrected chi connectivity index (χ0v) is 13.8. The van der Waals surface area contributed by atoms with E-state index < -0.39 is 5.60 Å². The van der Waals surface area contributed by atoms with Crippen molar-refractivity contribution in [3.8, 4) is 0 Å². The number of ether oxygens (including phenoxy) is 1. The van der Waals surface area contributed by atoms with Gasteiger partial charge in [-0.3, -0.25) is 4.79 Å². The second-order valence-corrected chi connectivity index (χ2v) is 6.94. The van der Waals surface area contributed by atoms with Crippen LogP contribution in [0.3, 0.4) is 0 Å². The summed E-state index contributed by atoms with van der Waals surface area (Å²) in [5.41, 5.74) is 13.5. The van der Waals surface area contributed by atoms with Crippen LogP contribution in [-0.4, -0.2) is 11.6 Å². The van der Waals surface area contributed by atoms with E-state index in [1.807, 2.05) is 45.9 Å². The molecule has 1 aromatic carbocycles. The van der Waals surface area contributed by atoms with E-state index >= 15 is 0 Å². The molecule has 0 saturated carbocycles. The number of carbonyl (C=O) groups excluding carboxylic acids is 1. The zero-order chi connectivity index (χ0) is 16.2. The summed E-state index contributed by atoms with van der Waals surface area (Å²) in [5.74, 6) is 0.132. The van der Waals surface area contributed by atoms with Crippen molar-refractivity contribution < 1.29 is 9.53 Å². The molecule has 0 aromatic heterocycles. The minimum atomic E-state index is -0.431. The molecule has 4 nitrogen and oxygen atoms in total. The van der Waals surface area contributed by atoms with Gasteiger partial charge >= 0.3 is 5.97 Å². The largest absolute Gasteiger partial charge is 0.460 e. The van der Waals surface area contributed by atoms with Gasteiger partial charge in [-0.05, 0) is 57.2 Å². The van der Waals surface area contributed by atoms with E-state index in [1.165, 1.54) is 0 Å². The first-order valence-electron chi connectivity index (χ1n) is 7.45. The first-order valence-corrected chi connectivity index (χ1v) is 7.45. The van der Waals surface area contributed by atoms with Gasteiger partial charge in [0.2, 0.25) is 0 Å². The predicted octanol–water partition coefficient (Wildman–Crippen LogP) is 3.40. The highest BCUT2D eigenvalue weighted by Gasteiger charge is 2.23. The molecule has 2 atom stereocenters. The molecule has 118 valence electrons. The van der Waals surface area contributed by atoms with E-state index in [9.17, 15) is 4.79 Å². The topological polar surface area (TPSA) is 78.3 Å². The molecule has 0 amide bonds. The Balaban J connectivity index is 2.54. The van der Waals surface area contributed by atoms with Crippen LogP contribution in [0.25, 0.3) is 0 Å². The van der Waals surface area contributed by atoms with Gasteiger partial charge in [-0.1, -0.05) is 19.9 Å². The van der Waals surface area contributed by atoms with Gasteiger partial charge in [0.1, 0.15) is 5.60 Å². The van der Waals surface area contributed by atoms with Crippen molar-refractivity contribution in [2.24, 2.45) is 11.8 Å². The summed E-state index contributed by atoms with van der Waals surface area (Å²) in [4.78, 5) is 12.0. The lowest BCUT2D eigenvalue weighted by Crippen LogP contribution is -2.28. The first-order chi connectivity index (χ1) is 9.58. The SMILES string of the molecule is CC(Cc1ccc(N)c(N)c1)CC(C)C(=O)OC(C)(C)C. The third-order valence-corrected chi connectivity index (χ3v) is 3.30. The quantitative estimate of drug-likeness (QED) is 0.644. The Labute approximate surface area is 127 Å². The molecule has 0 radical (unpaired) electrons. The highest BCUT2D eigenvalue weighted by Crippen LogP contribution is 2.23. The van der Waals surface area contributed by atoms with Crippen molar-refractivity contribution in [1.82, 2.24) is 0 Å². The van der Waals surface area contributed by atoms with E-state index in [0.29, 0.717) is 17.3 Å². The molecule has 0 spiro atoms. The lowest BCUT2D eigenvalue weighted by atomic mass is 9.91. The van der Waals surface area contributed by atoms with Crippen LogP contribution in [0.4, 0.5) is 11.4 Å². The van der Waals surface area contributed by atoms with Crippen LogP contribution in [-0.2, 0) is 16.0 Å². The Morgan fingerprint density at radius 2 is 1.81 bits per heavy atom. The fraction of sp³-hybridized carbons (Fsp3) is 0.588. The number of nitrogen functional groups attached to an aromatic ring is 2. The summed E-state index contributed by atoms with van der Waals surface area (Å²) in [5, 5.41) is 0. The number of carbonyl (C=O) groups is 1. The fourth-order valence-electron chi connectivity index (χ4n) is 2.34. The average molecular weight is 292 g/mol. The second-order valence-electron chi connectivity index (χ2n) is 6.94. The van der Waals surface area contributed by atoms with Gasteiger partial charge in [0.15, 0.2) is 0 Å². The van der Waals surface area contributed by atoms with E-state index in [0.717, 1.165) is 18.4 Å². The minimum Gasteiger partial charge on any atom is -0.460 e. The van der Waals surface area contributed by atoms with E-state index in [1.54, 1.807) is 0 Å². The van der Waals surface area contributed by atoms with Crippen LogP contribution in [0.2, 0.25) is 0 Å². The first kappa shape index (κ1) is 17.3. The maximum Gasteiger partial charge on any atom is 0.309 e. The monoisotopic (exact) mass is 292 g/mol. The van der Waals surface area contributed by atoms with Gasteiger partial charge in [0, 0.05) is 0 Å². The van der Waals surface area contributed by atoms with Gasteiger partial charge in [-0.25, -0.2) is 0 Å². The molecule has 0 fully saturated rings. The standard InChI is InChI=1S/C17H28N2O2/c1-11(8-12(2)16(20)21-17(3,4)5)9-13-6-7-14(18)15(19)10-13/h6-7,10-12H,8-9,18-19H2,1-5H3. The Hall–Kier alpha value is -1.71. The number of hydrogen-bond donors (Lipinski definition) is 2. The molecule has 0 aliphatic rings. The smallest absolute Gasteiger partial charge is 0.309 e. The summed E-state index contributed by atoms with van der Waals surface area (Å²) in [7, 11) is 0. The highest BCUT2D eigenvalue weighted by atomic mass is 16.6. The molecular weight excluding hydrogens is 264 g/mol. The number of benzene rings is 1. The lowest BCUT2D eigenvalue weighted by molar-refractivity contribution is -0.159. The molecular formula is C17H28N2O2. The number of esters is 1. The molecule has 4 heteroatoms. The van der Waals surface area contributed by atoms with Gasteiger partial charge in [0.25, 0.3) is 0 Å². The van der Waals surface area contributed by atoms with E-state index in [2.05, 4.69) is 6.92 Å². The molecule has 4 N–H and O–H groups in total. The molecule has 21 heavy (non-hydrogen) atoms. The van der Waals surface area contributed by atoms with Crippen LogP contribution in [0, 0.1) is 11.8 Å². The second kappa shape index (κ2) is 6.83. The Bertz CT molecular complexity index is 492. The van der Waals surface area contributed by atoms with Crippen LogP contribution < -0.4 is 11.5 Å². The molecule has 2 unspecified atom stereocenters. The van der Waals surface area contributed by atoms with Crippen molar-refractivity contribution in [3.05, 3.63) is 23.8 Å². The third-order valence-electron chi connectivity index (χ3n) is 3.30. The van der Waals surface area contributed by atoms with Gasteiger partial charge in [-0.15, -0.1) is 0 Å². The maximum absolute atomic E-state index is 12.0. The lowest BCUT2D eigenvalue weighted by Gasteiger charge is -2.23. The van der Waals surface area contributed by atoms with Gasteiger partial charge in [0.05, 0.1) is 17.3 Å². The van der Waals surface area contributed by atoms with E-state index in [-0.39, 0.29) is 11.9 Å². The molecule has 1 rings (SSSR count). The van der Waals surface area contributed by atoms with Crippen LogP contribution in [0.1, 0.15) is 46.6 Å². The summed E-state index contributed by atoms with van der Waals surface area (Å²) in [6.07, 6.45) is 1.66. The van der Waals surface area contributed by atoms with Crippen molar-refractivity contribution in [3.63, 3.8) is 0 Å². The van der Waals surface area contributed by atoms with Crippen molar-refractivity contribution in [2.45, 2.75) is 53.1 Å². The average Bonchev–Trinajstić information content (AvgIpc) is 2.31. The summed E-state index contributed by atoms with van der Waals surface area (Å²) < 4.78 is 5.41. The third kappa shape index (κ3) is 6.06. The number of rotatable bonds is 5. The zero-order valence-electron chi connectivity index (χ0n) is 13.8. The number of anilines is 2. The molecule has 0 aliphatic carbocycles. The Morgan fingerprint density at radius 1 is 1.19 bits per heavy atom. The van der Waals surface area contributed by atoms with Crippen molar-refractivity contribution in [2.75, 3.05) is 11.5 Å². The molecule has 0 aliphatic heterocycles. The van der Waals surface area contributed by atoms with Crippen LogP contribution in [0.5, 0.6) is 0 Å². The van der Waals surface area contributed by atoms with Gasteiger partial charge < -0.3 is 16.2 Å².